The number of hydrogen-bond acceptors (Lipinski definition) is 3. The van der Waals surface area contributed by atoms with E-state index in [9.17, 15) is 14.4 Å². The van der Waals surface area contributed by atoms with Crippen molar-refractivity contribution >= 4 is 17.9 Å². The molecule has 136 valence electrons. The molecule has 7 nitrogen and oxygen atoms in total. The second-order valence-corrected chi connectivity index (χ2v) is 6.64. The largest absolute Gasteiger partial charge is 0.478 e. The molecule has 25 heavy (non-hydrogen) atoms. The number of urea groups is 1. The Morgan fingerprint density at radius 2 is 2.00 bits per heavy atom. The molecule has 3 amide bonds. The smallest absolute Gasteiger partial charge is 0.335 e. The van der Waals surface area contributed by atoms with Crippen molar-refractivity contribution in [3.63, 3.8) is 0 Å². The van der Waals surface area contributed by atoms with Crippen molar-refractivity contribution in [3.05, 3.63) is 35.4 Å². The van der Waals surface area contributed by atoms with Crippen LogP contribution in [0.1, 0.15) is 42.6 Å². The van der Waals surface area contributed by atoms with Gasteiger partial charge < -0.3 is 20.6 Å². The van der Waals surface area contributed by atoms with E-state index in [1.807, 2.05) is 13.8 Å². The molecule has 0 spiro atoms. The maximum absolute atomic E-state index is 12.6. The summed E-state index contributed by atoms with van der Waals surface area (Å²) < 4.78 is 0. The molecule has 0 saturated carbocycles. The number of carbonyl (C=O) groups is 3. The first-order valence-corrected chi connectivity index (χ1v) is 8.53. The molecule has 0 aromatic heterocycles. The van der Waals surface area contributed by atoms with Crippen molar-refractivity contribution in [1.29, 1.82) is 0 Å². The molecule has 1 heterocycles. The van der Waals surface area contributed by atoms with Crippen molar-refractivity contribution in [2.75, 3.05) is 13.1 Å². The van der Waals surface area contributed by atoms with Gasteiger partial charge in [-0.05, 0) is 36.5 Å². The maximum Gasteiger partial charge on any atom is 0.335 e. The van der Waals surface area contributed by atoms with Gasteiger partial charge in [-0.15, -0.1) is 0 Å². The van der Waals surface area contributed by atoms with Crippen LogP contribution >= 0.6 is 0 Å². The summed E-state index contributed by atoms with van der Waals surface area (Å²) in [5.74, 6) is -0.789. The lowest BCUT2D eigenvalue weighted by atomic mass is 10.0. The number of nitrogens with zero attached hydrogens (tertiary/aromatic N) is 1. The highest BCUT2D eigenvalue weighted by Gasteiger charge is 2.31. The van der Waals surface area contributed by atoms with Gasteiger partial charge in [0.05, 0.1) is 5.56 Å². The van der Waals surface area contributed by atoms with E-state index in [2.05, 4.69) is 10.6 Å². The summed E-state index contributed by atoms with van der Waals surface area (Å²) in [5.41, 5.74) is 1.01. The van der Waals surface area contributed by atoms with E-state index in [0.29, 0.717) is 25.4 Å². The number of carbonyl (C=O) groups excluding carboxylic acids is 2. The Balaban J connectivity index is 2.01. The highest BCUT2D eigenvalue weighted by molar-refractivity contribution is 5.88. The number of amides is 3. The maximum atomic E-state index is 12.6. The number of carboxylic acids is 1. The Morgan fingerprint density at radius 3 is 2.60 bits per heavy atom. The first kappa shape index (κ1) is 18.8. The summed E-state index contributed by atoms with van der Waals surface area (Å²) in [6, 6.07) is 5.62. The predicted molar refractivity (Wildman–Crippen MR) is 93.2 cm³/mol. The van der Waals surface area contributed by atoms with Gasteiger partial charge in [0, 0.05) is 19.6 Å². The first-order chi connectivity index (χ1) is 11.9. The summed E-state index contributed by atoms with van der Waals surface area (Å²) in [5, 5.41) is 14.6. The fourth-order valence-corrected chi connectivity index (χ4v) is 2.84. The topological polar surface area (TPSA) is 98.7 Å². The van der Waals surface area contributed by atoms with Crippen LogP contribution in [0.2, 0.25) is 0 Å². The Bertz CT molecular complexity index is 628. The van der Waals surface area contributed by atoms with Crippen molar-refractivity contribution in [3.8, 4) is 0 Å². The van der Waals surface area contributed by atoms with Crippen LogP contribution in [0.5, 0.6) is 0 Å². The fraction of sp³-hybridized carbons (Fsp3) is 0.500. The number of hydrogen-bond donors (Lipinski definition) is 3. The Labute approximate surface area is 147 Å². The van der Waals surface area contributed by atoms with Crippen LogP contribution in [0.4, 0.5) is 4.79 Å². The highest BCUT2D eigenvalue weighted by atomic mass is 16.4. The zero-order valence-corrected chi connectivity index (χ0v) is 14.6. The lowest BCUT2D eigenvalue weighted by Gasteiger charge is -2.29. The summed E-state index contributed by atoms with van der Waals surface area (Å²) in [4.78, 5) is 37.3. The van der Waals surface area contributed by atoms with Gasteiger partial charge in [-0.1, -0.05) is 26.0 Å². The normalized spacial score (nSPS) is 17.8. The quantitative estimate of drug-likeness (QED) is 0.757. The van der Waals surface area contributed by atoms with E-state index < -0.39 is 12.0 Å². The van der Waals surface area contributed by atoms with Gasteiger partial charge in [0.25, 0.3) is 0 Å². The average molecular weight is 347 g/mol. The van der Waals surface area contributed by atoms with Crippen LogP contribution in [-0.4, -0.2) is 47.0 Å². The van der Waals surface area contributed by atoms with Crippen LogP contribution in [0.15, 0.2) is 24.3 Å². The predicted octanol–water partition coefficient (Wildman–Crippen LogP) is 1.83. The van der Waals surface area contributed by atoms with E-state index in [1.54, 1.807) is 17.0 Å². The first-order valence-electron chi connectivity index (χ1n) is 8.53. The summed E-state index contributed by atoms with van der Waals surface area (Å²) in [7, 11) is 0. The Kier molecular flexibility index (Phi) is 6.38. The van der Waals surface area contributed by atoms with Gasteiger partial charge in [0.15, 0.2) is 0 Å². The minimum absolute atomic E-state index is 0.104. The SMILES string of the molecule is CC(C)CC1C(=O)NCCCN1C(=O)NCc1ccc(C(=O)O)cc1. The molecule has 3 N–H and O–H groups in total. The molecule has 1 atom stereocenters. The van der Waals surface area contributed by atoms with Crippen LogP contribution in [0, 0.1) is 5.92 Å². The molecule has 1 aromatic rings. The highest BCUT2D eigenvalue weighted by Crippen LogP contribution is 2.15. The third-order valence-electron chi connectivity index (χ3n) is 4.15. The Morgan fingerprint density at radius 1 is 1.32 bits per heavy atom. The van der Waals surface area contributed by atoms with Crippen LogP contribution in [-0.2, 0) is 11.3 Å². The molecular weight excluding hydrogens is 322 g/mol. The number of rotatable bonds is 5. The lowest BCUT2D eigenvalue weighted by molar-refractivity contribution is -0.125. The molecule has 0 aliphatic carbocycles. The lowest BCUT2D eigenvalue weighted by Crippen LogP contribution is -2.51. The molecule has 1 saturated heterocycles. The molecular formula is C18H25N3O4. The van der Waals surface area contributed by atoms with Crippen molar-refractivity contribution in [2.24, 2.45) is 5.92 Å². The minimum Gasteiger partial charge on any atom is -0.478 e. The number of benzene rings is 1. The molecule has 1 aliphatic heterocycles. The van der Waals surface area contributed by atoms with Crippen LogP contribution < -0.4 is 10.6 Å². The minimum atomic E-state index is -0.984. The van der Waals surface area contributed by atoms with E-state index in [1.165, 1.54) is 12.1 Å². The van der Waals surface area contributed by atoms with Crippen molar-refractivity contribution in [2.45, 2.75) is 39.3 Å². The van der Waals surface area contributed by atoms with Gasteiger partial charge in [0.1, 0.15) is 6.04 Å². The van der Waals surface area contributed by atoms with Gasteiger partial charge in [-0.3, -0.25) is 4.79 Å². The molecule has 0 bridgehead atoms. The van der Waals surface area contributed by atoms with Gasteiger partial charge in [-0.25, -0.2) is 9.59 Å². The third-order valence-corrected chi connectivity index (χ3v) is 4.15. The van der Waals surface area contributed by atoms with Gasteiger partial charge in [-0.2, -0.15) is 0 Å². The number of aromatic carboxylic acids is 1. The van der Waals surface area contributed by atoms with E-state index in [-0.39, 0.29) is 24.0 Å². The Hall–Kier alpha value is -2.57. The fourth-order valence-electron chi connectivity index (χ4n) is 2.84. The van der Waals surface area contributed by atoms with Gasteiger partial charge >= 0.3 is 12.0 Å². The zero-order chi connectivity index (χ0) is 18.4. The molecule has 0 radical (unpaired) electrons. The summed E-state index contributed by atoms with van der Waals surface area (Å²) in [6.45, 7) is 5.44. The number of nitrogens with one attached hydrogen (secondary N) is 2. The van der Waals surface area contributed by atoms with Crippen LogP contribution in [0.3, 0.4) is 0 Å². The van der Waals surface area contributed by atoms with Crippen LogP contribution in [0.25, 0.3) is 0 Å². The molecule has 1 aliphatic rings. The standard InChI is InChI=1S/C18H25N3O4/c1-12(2)10-15-16(22)19-8-3-9-21(15)18(25)20-11-13-4-6-14(7-5-13)17(23)24/h4-7,12,15H,3,8-11H2,1-2H3,(H,19,22)(H,20,25)(H,23,24). The number of carboxylic acid groups (broad SMARTS) is 1. The van der Waals surface area contributed by atoms with Crippen molar-refractivity contribution < 1.29 is 19.5 Å². The monoisotopic (exact) mass is 347 g/mol. The molecule has 1 fully saturated rings. The second-order valence-electron chi connectivity index (χ2n) is 6.64. The average Bonchev–Trinajstić information content (AvgIpc) is 2.75. The second kappa shape index (κ2) is 8.50. The zero-order valence-electron chi connectivity index (χ0n) is 14.6. The van der Waals surface area contributed by atoms with Crippen molar-refractivity contribution in [1.82, 2.24) is 15.5 Å². The third kappa shape index (κ3) is 5.20. The summed E-state index contributed by atoms with van der Waals surface area (Å²) >= 11 is 0. The van der Waals surface area contributed by atoms with E-state index >= 15 is 0 Å². The summed E-state index contributed by atoms with van der Waals surface area (Å²) in [6.07, 6.45) is 1.34. The molecule has 1 aromatic carbocycles. The van der Waals surface area contributed by atoms with E-state index in [0.717, 1.165) is 12.0 Å². The van der Waals surface area contributed by atoms with Gasteiger partial charge in [0.2, 0.25) is 5.91 Å². The molecule has 1 unspecified atom stereocenters. The molecule has 7 heteroatoms. The molecule has 2 rings (SSSR count). The van der Waals surface area contributed by atoms with E-state index in [4.69, 9.17) is 5.11 Å².